The predicted octanol–water partition coefficient (Wildman–Crippen LogP) is 3.73. The first-order valence-corrected chi connectivity index (χ1v) is 7.37. The van der Waals surface area contributed by atoms with Gasteiger partial charge in [0.05, 0.1) is 28.6 Å². The summed E-state index contributed by atoms with van der Waals surface area (Å²) in [5, 5.41) is 10.9. The number of nitro benzene ring substituents is 1. The van der Waals surface area contributed by atoms with E-state index in [9.17, 15) is 10.1 Å². The van der Waals surface area contributed by atoms with Crippen molar-refractivity contribution >= 4 is 34.3 Å². The van der Waals surface area contributed by atoms with E-state index < -0.39 is 4.92 Å². The van der Waals surface area contributed by atoms with Crippen LogP contribution in [-0.4, -0.2) is 17.0 Å². The molecule has 0 saturated carbocycles. The maximum absolute atomic E-state index is 10.9. The van der Waals surface area contributed by atoms with Crippen molar-refractivity contribution in [2.45, 2.75) is 19.3 Å². The molecule has 5 nitrogen and oxygen atoms in total. The van der Waals surface area contributed by atoms with Crippen molar-refractivity contribution in [3.8, 4) is 0 Å². The highest BCUT2D eigenvalue weighted by Gasteiger charge is 2.15. The third kappa shape index (κ3) is 3.08. The van der Waals surface area contributed by atoms with Crippen LogP contribution in [0.2, 0.25) is 0 Å². The van der Waals surface area contributed by atoms with Gasteiger partial charge >= 0.3 is 0 Å². The van der Waals surface area contributed by atoms with E-state index in [1.165, 1.54) is 10.9 Å². The number of nitro groups is 1. The zero-order valence-corrected chi connectivity index (χ0v) is 12.7. The van der Waals surface area contributed by atoms with Crippen LogP contribution < -0.4 is 4.90 Å². The van der Waals surface area contributed by atoms with Gasteiger partial charge in [-0.25, -0.2) is 4.98 Å². The summed E-state index contributed by atoms with van der Waals surface area (Å²) in [5.41, 5.74) is 4.33. The van der Waals surface area contributed by atoms with E-state index in [0.717, 1.165) is 17.9 Å². The van der Waals surface area contributed by atoms with Crippen LogP contribution in [0, 0.1) is 17.0 Å². The number of halogens is 1. The van der Waals surface area contributed by atoms with Gasteiger partial charge in [0.1, 0.15) is 0 Å². The molecule has 0 fully saturated rings. The monoisotopic (exact) mass is 311 g/mol. The van der Waals surface area contributed by atoms with Crippen LogP contribution in [0.15, 0.2) is 23.7 Å². The Hall–Kier alpha value is -1.66. The van der Waals surface area contributed by atoms with E-state index in [2.05, 4.69) is 4.98 Å². The van der Waals surface area contributed by atoms with Gasteiger partial charge in [0, 0.05) is 29.2 Å². The lowest BCUT2D eigenvalue weighted by Crippen LogP contribution is -2.16. The minimum atomic E-state index is -0.408. The molecule has 0 aliphatic rings. The van der Waals surface area contributed by atoms with Gasteiger partial charge in [-0.1, -0.05) is 0 Å². The fourth-order valence-electron chi connectivity index (χ4n) is 1.88. The number of hydrogen-bond acceptors (Lipinski definition) is 5. The van der Waals surface area contributed by atoms with Crippen LogP contribution >= 0.6 is 22.9 Å². The molecule has 0 N–H and O–H groups in total. The normalized spacial score (nSPS) is 10.6. The van der Waals surface area contributed by atoms with Crippen molar-refractivity contribution in [3.63, 3.8) is 0 Å². The summed E-state index contributed by atoms with van der Waals surface area (Å²) in [5.74, 6) is 0.123. The van der Waals surface area contributed by atoms with Gasteiger partial charge in [0.2, 0.25) is 0 Å². The highest BCUT2D eigenvalue weighted by Crippen LogP contribution is 2.27. The zero-order chi connectivity index (χ0) is 14.7. The van der Waals surface area contributed by atoms with E-state index in [1.54, 1.807) is 23.5 Å². The lowest BCUT2D eigenvalue weighted by atomic mass is 10.1. The van der Waals surface area contributed by atoms with E-state index in [4.69, 9.17) is 11.6 Å². The smallest absolute Gasteiger partial charge is 0.273 e. The SMILES string of the molecule is Cc1ncsc1CN(C)c1ccc([N+](=O)[O-])c(CCl)c1. The molecule has 0 saturated heterocycles. The van der Waals surface area contributed by atoms with Gasteiger partial charge in [-0.3, -0.25) is 10.1 Å². The van der Waals surface area contributed by atoms with Gasteiger partial charge < -0.3 is 4.90 Å². The molecule has 106 valence electrons. The van der Waals surface area contributed by atoms with E-state index in [-0.39, 0.29) is 11.6 Å². The van der Waals surface area contributed by atoms with E-state index >= 15 is 0 Å². The fourth-order valence-corrected chi connectivity index (χ4v) is 2.92. The van der Waals surface area contributed by atoms with Crippen molar-refractivity contribution in [2.24, 2.45) is 0 Å². The van der Waals surface area contributed by atoms with Gasteiger partial charge in [0.15, 0.2) is 0 Å². The summed E-state index contributed by atoms with van der Waals surface area (Å²) in [6.45, 7) is 2.69. The Bertz CT molecular complexity index is 630. The molecular weight excluding hydrogens is 298 g/mol. The number of aromatic nitrogens is 1. The number of aryl methyl sites for hydroxylation is 1. The Balaban J connectivity index is 2.24. The molecule has 0 radical (unpaired) electrons. The number of rotatable bonds is 5. The second-order valence-electron chi connectivity index (χ2n) is 4.42. The van der Waals surface area contributed by atoms with Crippen LogP contribution in [-0.2, 0) is 12.4 Å². The molecular formula is C13H14ClN3O2S. The van der Waals surface area contributed by atoms with Crippen LogP contribution in [0.5, 0.6) is 0 Å². The van der Waals surface area contributed by atoms with Crippen LogP contribution in [0.3, 0.4) is 0 Å². The van der Waals surface area contributed by atoms with Crippen molar-refractivity contribution in [2.75, 3.05) is 11.9 Å². The number of anilines is 1. The number of nitrogens with zero attached hydrogens (tertiary/aromatic N) is 3. The molecule has 0 amide bonds. The highest BCUT2D eigenvalue weighted by atomic mass is 35.5. The molecule has 0 aliphatic carbocycles. The maximum Gasteiger partial charge on any atom is 0.273 e. The first-order valence-electron chi connectivity index (χ1n) is 5.96. The molecule has 2 aromatic rings. The highest BCUT2D eigenvalue weighted by molar-refractivity contribution is 7.09. The lowest BCUT2D eigenvalue weighted by molar-refractivity contribution is -0.385. The van der Waals surface area contributed by atoms with Gasteiger partial charge in [-0.15, -0.1) is 22.9 Å². The number of hydrogen-bond donors (Lipinski definition) is 0. The molecule has 0 unspecified atom stereocenters. The summed E-state index contributed by atoms with van der Waals surface area (Å²) >= 11 is 7.39. The molecule has 1 aromatic heterocycles. The molecule has 2 rings (SSSR count). The Labute approximate surface area is 126 Å². The molecule has 0 atom stereocenters. The van der Waals surface area contributed by atoms with Gasteiger partial charge in [-0.05, 0) is 19.1 Å². The fraction of sp³-hybridized carbons (Fsp3) is 0.308. The molecule has 0 aliphatic heterocycles. The predicted molar refractivity (Wildman–Crippen MR) is 81.6 cm³/mol. The number of alkyl halides is 1. The molecule has 20 heavy (non-hydrogen) atoms. The number of benzene rings is 1. The standard InChI is InChI=1S/C13H14ClN3O2S/c1-9-13(20-8-15-9)7-16(2)11-3-4-12(17(18)19)10(5-11)6-14/h3-5,8H,6-7H2,1-2H3. The minimum absolute atomic E-state index is 0.0612. The van der Waals surface area contributed by atoms with Crippen LogP contribution in [0.25, 0.3) is 0 Å². The Morgan fingerprint density at radius 2 is 2.25 bits per heavy atom. The summed E-state index contributed by atoms with van der Waals surface area (Å²) in [4.78, 5) is 17.9. The van der Waals surface area contributed by atoms with Crippen molar-refractivity contribution < 1.29 is 4.92 Å². The van der Waals surface area contributed by atoms with Crippen molar-refractivity contribution in [3.05, 3.63) is 50.0 Å². The first kappa shape index (κ1) is 14.7. The summed E-state index contributed by atoms with van der Waals surface area (Å²) in [6.07, 6.45) is 0. The summed E-state index contributed by atoms with van der Waals surface area (Å²) in [7, 11) is 1.94. The topological polar surface area (TPSA) is 59.3 Å². The van der Waals surface area contributed by atoms with Gasteiger partial charge in [0.25, 0.3) is 5.69 Å². The van der Waals surface area contributed by atoms with E-state index in [1.807, 2.05) is 24.4 Å². The number of thiazole rings is 1. The van der Waals surface area contributed by atoms with E-state index in [0.29, 0.717) is 5.56 Å². The second kappa shape index (κ2) is 6.19. The average molecular weight is 312 g/mol. The lowest BCUT2D eigenvalue weighted by Gasteiger charge is -2.19. The van der Waals surface area contributed by atoms with Gasteiger partial charge in [-0.2, -0.15) is 0 Å². The summed E-state index contributed by atoms with van der Waals surface area (Å²) in [6, 6.07) is 5.01. The largest absolute Gasteiger partial charge is 0.369 e. The Morgan fingerprint density at radius 3 is 2.80 bits per heavy atom. The van der Waals surface area contributed by atoms with Crippen molar-refractivity contribution in [1.29, 1.82) is 0 Å². The summed E-state index contributed by atoms with van der Waals surface area (Å²) < 4.78 is 0. The maximum atomic E-state index is 10.9. The molecule has 0 spiro atoms. The first-order chi connectivity index (χ1) is 9.52. The minimum Gasteiger partial charge on any atom is -0.369 e. The third-order valence-corrected chi connectivity index (χ3v) is 4.28. The van der Waals surface area contributed by atoms with Crippen molar-refractivity contribution in [1.82, 2.24) is 4.98 Å². The Kier molecular flexibility index (Phi) is 4.57. The second-order valence-corrected chi connectivity index (χ2v) is 5.63. The molecule has 1 heterocycles. The average Bonchev–Trinajstić information content (AvgIpc) is 2.83. The molecule has 1 aromatic carbocycles. The van der Waals surface area contributed by atoms with Crippen LogP contribution in [0.4, 0.5) is 11.4 Å². The molecule has 0 bridgehead atoms. The third-order valence-electron chi connectivity index (χ3n) is 3.07. The Morgan fingerprint density at radius 1 is 1.50 bits per heavy atom. The molecule has 7 heteroatoms. The quantitative estimate of drug-likeness (QED) is 0.479. The van der Waals surface area contributed by atoms with Crippen LogP contribution in [0.1, 0.15) is 16.1 Å². The zero-order valence-electron chi connectivity index (χ0n) is 11.2.